The van der Waals surface area contributed by atoms with Crippen molar-refractivity contribution in [3.8, 4) is 0 Å². The molecule has 0 amide bonds. The number of methoxy groups -OCH3 is 2. The maximum atomic E-state index is 12.8. The lowest BCUT2D eigenvalue weighted by atomic mass is 9.98. The van der Waals surface area contributed by atoms with Crippen molar-refractivity contribution in [2.75, 3.05) is 14.2 Å². The first-order chi connectivity index (χ1) is 11.2. The van der Waals surface area contributed by atoms with Crippen molar-refractivity contribution in [1.82, 2.24) is 0 Å². The van der Waals surface area contributed by atoms with Crippen molar-refractivity contribution in [2.24, 2.45) is 0 Å². The van der Waals surface area contributed by atoms with Crippen LogP contribution in [0.1, 0.15) is 18.4 Å². The average molecular weight is 308 g/mol. The van der Waals surface area contributed by atoms with Crippen LogP contribution in [0.15, 0.2) is 59.4 Å². The van der Waals surface area contributed by atoms with E-state index >= 15 is 0 Å². The highest BCUT2D eigenvalue weighted by Crippen LogP contribution is 2.25. The summed E-state index contributed by atoms with van der Waals surface area (Å²) in [6.45, 7) is 2.05. The van der Waals surface area contributed by atoms with Gasteiger partial charge in [0.05, 0.1) is 0 Å². The highest BCUT2D eigenvalue weighted by Gasteiger charge is 2.18. The minimum atomic E-state index is -0.310. The second kappa shape index (κ2) is 6.49. The van der Waals surface area contributed by atoms with Crippen LogP contribution in [-0.2, 0) is 9.47 Å². The molecule has 0 saturated carbocycles. The summed E-state index contributed by atoms with van der Waals surface area (Å²) in [5.41, 5.74) is 1.15. The van der Waals surface area contributed by atoms with Gasteiger partial charge in [0.1, 0.15) is 0 Å². The van der Waals surface area contributed by atoms with Gasteiger partial charge in [-0.25, -0.2) is 0 Å². The molecule has 0 aromatic heterocycles. The first-order valence-corrected chi connectivity index (χ1v) is 7.67. The largest absolute Gasteiger partial charge is 0.355 e. The van der Waals surface area contributed by atoms with Gasteiger partial charge in [-0.3, -0.25) is 4.79 Å². The van der Waals surface area contributed by atoms with Gasteiger partial charge in [-0.15, -0.1) is 0 Å². The van der Waals surface area contributed by atoms with Crippen LogP contribution in [-0.4, -0.2) is 20.5 Å². The van der Waals surface area contributed by atoms with Crippen LogP contribution >= 0.6 is 0 Å². The van der Waals surface area contributed by atoms with Gasteiger partial charge >= 0.3 is 0 Å². The number of rotatable bonds is 4. The molecule has 23 heavy (non-hydrogen) atoms. The van der Waals surface area contributed by atoms with E-state index < -0.39 is 0 Å². The molecule has 118 valence electrons. The van der Waals surface area contributed by atoms with Crippen LogP contribution in [0.4, 0.5) is 0 Å². The molecule has 1 atom stereocenters. The van der Waals surface area contributed by atoms with Crippen LogP contribution in [0.25, 0.3) is 21.5 Å². The van der Waals surface area contributed by atoms with Gasteiger partial charge in [0.15, 0.2) is 11.7 Å². The molecule has 3 aromatic carbocycles. The standard InChI is InChI=1S/C20H20O3/c1-13(20(22-2)23-3)15-10-11-18-16(12-15)9-8-14-6-4-5-7-17(14)19(18)21/h4-13,20H,1-3H3. The third kappa shape index (κ3) is 2.85. The second-order valence-electron chi connectivity index (χ2n) is 5.72. The van der Waals surface area contributed by atoms with E-state index in [2.05, 4.69) is 6.92 Å². The Morgan fingerprint density at radius 3 is 2.22 bits per heavy atom. The van der Waals surface area contributed by atoms with Crippen LogP contribution in [0.5, 0.6) is 0 Å². The Balaban J connectivity index is 2.21. The number of fused-ring (bicyclic) bond motifs is 2. The Labute approximate surface area is 135 Å². The van der Waals surface area contributed by atoms with E-state index in [0.29, 0.717) is 0 Å². The summed E-state index contributed by atoms with van der Waals surface area (Å²) in [7, 11) is 3.27. The van der Waals surface area contributed by atoms with E-state index in [-0.39, 0.29) is 17.6 Å². The summed E-state index contributed by atoms with van der Waals surface area (Å²) in [6, 6.07) is 17.6. The molecule has 3 nitrogen and oxygen atoms in total. The highest BCUT2D eigenvalue weighted by molar-refractivity contribution is 5.93. The molecule has 0 aliphatic carbocycles. The Hall–Kier alpha value is -2.23. The molecular formula is C20H20O3. The SMILES string of the molecule is COC(OC)C(C)c1ccc2c(=O)c3ccccc3ccc2c1. The Morgan fingerprint density at radius 2 is 1.48 bits per heavy atom. The van der Waals surface area contributed by atoms with Gasteiger partial charge in [-0.1, -0.05) is 61.5 Å². The zero-order valence-corrected chi connectivity index (χ0v) is 13.6. The predicted octanol–water partition coefficient (Wildman–Crippen LogP) is 4.08. The minimum Gasteiger partial charge on any atom is -0.355 e. The summed E-state index contributed by atoms with van der Waals surface area (Å²) < 4.78 is 10.7. The molecule has 0 aliphatic rings. The number of hydrogen-bond acceptors (Lipinski definition) is 3. The van der Waals surface area contributed by atoms with Crippen LogP contribution in [0.2, 0.25) is 0 Å². The molecule has 0 bridgehead atoms. The summed E-state index contributed by atoms with van der Waals surface area (Å²) >= 11 is 0. The molecule has 3 heteroatoms. The van der Waals surface area contributed by atoms with Crippen LogP contribution < -0.4 is 5.43 Å². The summed E-state index contributed by atoms with van der Waals surface area (Å²) in [6.07, 6.45) is -0.310. The topological polar surface area (TPSA) is 35.5 Å². The summed E-state index contributed by atoms with van der Waals surface area (Å²) in [5, 5.41) is 3.36. The fraction of sp³-hybridized carbons (Fsp3) is 0.250. The van der Waals surface area contributed by atoms with Crippen molar-refractivity contribution >= 4 is 21.5 Å². The smallest absolute Gasteiger partial charge is 0.194 e. The van der Waals surface area contributed by atoms with E-state index in [1.165, 1.54) is 0 Å². The Bertz CT molecular complexity index is 898. The number of hydrogen-bond donors (Lipinski definition) is 0. The molecule has 0 radical (unpaired) electrons. The molecule has 0 saturated heterocycles. The van der Waals surface area contributed by atoms with Crippen LogP contribution in [0.3, 0.4) is 0 Å². The Morgan fingerprint density at radius 1 is 0.826 bits per heavy atom. The second-order valence-corrected chi connectivity index (χ2v) is 5.72. The van der Waals surface area contributed by atoms with E-state index in [1.807, 2.05) is 54.6 Å². The maximum absolute atomic E-state index is 12.8. The Kier molecular flexibility index (Phi) is 4.42. The van der Waals surface area contributed by atoms with E-state index in [9.17, 15) is 4.79 Å². The average Bonchev–Trinajstić information content (AvgIpc) is 2.73. The van der Waals surface area contributed by atoms with Gasteiger partial charge in [-0.2, -0.15) is 0 Å². The maximum Gasteiger partial charge on any atom is 0.194 e. The summed E-state index contributed by atoms with van der Waals surface area (Å²) in [5.74, 6) is 0.0735. The molecule has 0 N–H and O–H groups in total. The van der Waals surface area contributed by atoms with Gasteiger partial charge < -0.3 is 9.47 Å². The van der Waals surface area contributed by atoms with Crippen molar-refractivity contribution < 1.29 is 9.47 Å². The molecule has 0 heterocycles. The highest BCUT2D eigenvalue weighted by atomic mass is 16.7. The first kappa shape index (κ1) is 15.7. The zero-order chi connectivity index (χ0) is 16.4. The van der Waals surface area contributed by atoms with Gasteiger partial charge in [0.25, 0.3) is 0 Å². The van der Waals surface area contributed by atoms with E-state index in [4.69, 9.17) is 9.47 Å². The lowest BCUT2D eigenvalue weighted by Crippen LogP contribution is -2.20. The molecule has 0 spiro atoms. The third-order valence-electron chi connectivity index (χ3n) is 4.37. The normalized spacial score (nSPS) is 12.9. The van der Waals surface area contributed by atoms with Gasteiger partial charge in [-0.05, 0) is 16.3 Å². The zero-order valence-electron chi connectivity index (χ0n) is 13.6. The first-order valence-electron chi connectivity index (χ1n) is 7.67. The van der Waals surface area contributed by atoms with Crippen molar-refractivity contribution in [2.45, 2.75) is 19.1 Å². The fourth-order valence-corrected chi connectivity index (χ4v) is 3.04. The monoisotopic (exact) mass is 308 g/mol. The van der Waals surface area contributed by atoms with Gasteiger partial charge in [0.2, 0.25) is 0 Å². The van der Waals surface area contributed by atoms with Gasteiger partial charge in [0, 0.05) is 30.9 Å². The molecule has 3 aromatic rings. The van der Waals surface area contributed by atoms with Crippen molar-refractivity contribution in [3.63, 3.8) is 0 Å². The fourth-order valence-electron chi connectivity index (χ4n) is 3.04. The lowest BCUT2D eigenvalue weighted by Gasteiger charge is -2.21. The molecule has 0 fully saturated rings. The number of benzene rings is 2. The van der Waals surface area contributed by atoms with Crippen molar-refractivity contribution in [1.29, 1.82) is 0 Å². The van der Waals surface area contributed by atoms with Crippen LogP contribution in [0, 0.1) is 0 Å². The summed E-state index contributed by atoms with van der Waals surface area (Å²) in [4.78, 5) is 12.8. The van der Waals surface area contributed by atoms with E-state index in [1.54, 1.807) is 14.2 Å². The third-order valence-corrected chi connectivity index (χ3v) is 4.37. The molecule has 3 rings (SSSR count). The van der Waals surface area contributed by atoms with Crippen molar-refractivity contribution in [3.05, 3.63) is 70.4 Å². The molecular weight excluding hydrogens is 288 g/mol. The number of ether oxygens (including phenoxy) is 2. The quantitative estimate of drug-likeness (QED) is 0.681. The predicted molar refractivity (Wildman–Crippen MR) is 93.9 cm³/mol. The van der Waals surface area contributed by atoms with E-state index in [0.717, 1.165) is 27.1 Å². The molecule has 0 aliphatic heterocycles. The molecule has 1 unspecified atom stereocenters. The minimum absolute atomic E-state index is 0.0647. The lowest BCUT2D eigenvalue weighted by molar-refractivity contribution is -0.115.